The Balaban J connectivity index is 1.56. The summed E-state index contributed by atoms with van der Waals surface area (Å²) in [5, 5.41) is 5.61. The van der Waals surface area contributed by atoms with Crippen LogP contribution in [0.15, 0.2) is 48.5 Å². The lowest BCUT2D eigenvalue weighted by Crippen LogP contribution is -2.14. The van der Waals surface area contributed by atoms with E-state index in [-0.39, 0.29) is 23.7 Å². The summed E-state index contributed by atoms with van der Waals surface area (Å²) in [6, 6.07) is 13.3. The van der Waals surface area contributed by atoms with Crippen molar-refractivity contribution in [3.05, 3.63) is 59.7 Å². The SMILES string of the molecule is CCCOC(=O)c1ccc(NC(=O)c2ccc(NC(=O)C3CC3)cc2)cc1. The summed E-state index contributed by atoms with van der Waals surface area (Å²) in [4.78, 5) is 35.9. The average Bonchev–Trinajstić information content (AvgIpc) is 3.52. The summed E-state index contributed by atoms with van der Waals surface area (Å²) in [6.07, 6.45) is 2.66. The quantitative estimate of drug-likeness (QED) is 0.729. The highest BCUT2D eigenvalue weighted by atomic mass is 16.5. The third-order valence-corrected chi connectivity index (χ3v) is 4.18. The number of hydrogen-bond acceptors (Lipinski definition) is 4. The van der Waals surface area contributed by atoms with Crippen LogP contribution < -0.4 is 10.6 Å². The van der Waals surface area contributed by atoms with Crippen LogP contribution in [0.25, 0.3) is 0 Å². The van der Waals surface area contributed by atoms with Crippen molar-refractivity contribution in [2.24, 2.45) is 5.92 Å². The van der Waals surface area contributed by atoms with E-state index in [0.717, 1.165) is 19.3 Å². The van der Waals surface area contributed by atoms with Crippen molar-refractivity contribution in [2.75, 3.05) is 17.2 Å². The van der Waals surface area contributed by atoms with E-state index in [1.165, 1.54) is 0 Å². The maximum atomic E-state index is 12.3. The first-order valence-corrected chi connectivity index (χ1v) is 9.06. The van der Waals surface area contributed by atoms with Gasteiger partial charge in [-0.15, -0.1) is 0 Å². The summed E-state index contributed by atoms with van der Waals surface area (Å²) in [5.74, 6) is -0.477. The largest absolute Gasteiger partial charge is 0.462 e. The Labute approximate surface area is 157 Å². The Morgan fingerprint density at radius 2 is 1.44 bits per heavy atom. The van der Waals surface area contributed by atoms with Gasteiger partial charge in [-0.1, -0.05) is 6.92 Å². The van der Waals surface area contributed by atoms with Crippen molar-refractivity contribution in [3.8, 4) is 0 Å². The summed E-state index contributed by atoms with van der Waals surface area (Å²) in [5.41, 5.74) is 2.18. The van der Waals surface area contributed by atoms with E-state index in [1.54, 1.807) is 48.5 Å². The van der Waals surface area contributed by atoms with Gasteiger partial charge in [0, 0.05) is 22.9 Å². The predicted molar refractivity (Wildman–Crippen MR) is 103 cm³/mol. The molecule has 1 saturated carbocycles. The van der Waals surface area contributed by atoms with Gasteiger partial charge in [0.25, 0.3) is 5.91 Å². The molecule has 0 aliphatic heterocycles. The van der Waals surface area contributed by atoms with Crippen LogP contribution in [-0.2, 0) is 9.53 Å². The van der Waals surface area contributed by atoms with Crippen LogP contribution in [0.2, 0.25) is 0 Å². The Bertz CT molecular complexity index is 824. The van der Waals surface area contributed by atoms with Gasteiger partial charge in [0.05, 0.1) is 12.2 Å². The Hall–Kier alpha value is -3.15. The molecule has 2 amide bonds. The van der Waals surface area contributed by atoms with Crippen LogP contribution in [0, 0.1) is 5.92 Å². The smallest absolute Gasteiger partial charge is 0.338 e. The molecule has 0 atom stereocenters. The second-order valence-corrected chi connectivity index (χ2v) is 6.51. The monoisotopic (exact) mass is 366 g/mol. The van der Waals surface area contributed by atoms with Crippen LogP contribution >= 0.6 is 0 Å². The van der Waals surface area contributed by atoms with Crippen LogP contribution in [0.4, 0.5) is 11.4 Å². The number of hydrogen-bond donors (Lipinski definition) is 2. The lowest BCUT2D eigenvalue weighted by atomic mass is 10.1. The summed E-state index contributed by atoms with van der Waals surface area (Å²) >= 11 is 0. The minimum absolute atomic E-state index is 0.0322. The minimum atomic E-state index is -0.376. The lowest BCUT2D eigenvalue weighted by Gasteiger charge is -2.08. The zero-order valence-corrected chi connectivity index (χ0v) is 15.2. The molecule has 2 N–H and O–H groups in total. The third kappa shape index (κ3) is 5.17. The topological polar surface area (TPSA) is 84.5 Å². The zero-order chi connectivity index (χ0) is 19.2. The molecule has 1 aliphatic rings. The number of nitrogens with one attached hydrogen (secondary N) is 2. The number of esters is 1. The van der Waals surface area contributed by atoms with E-state index in [0.29, 0.717) is 29.1 Å². The minimum Gasteiger partial charge on any atom is -0.462 e. The van der Waals surface area contributed by atoms with Gasteiger partial charge in [-0.2, -0.15) is 0 Å². The van der Waals surface area contributed by atoms with Gasteiger partial charge in [-0.25, -0.2) is 4.79 Å². The summed E-state index contributed by atoms with van der Waals surface area (Å²) < 4.78 is 5.07. The fourth-order valence-corrected chi connectivity index (χ4v) is 2.47. The predicted octanol–water partition coefficient (Wildman–Crippen LogP) is 3.85. The number of rotatable bonds is 7. The lowest BCUT2D eigenvalue weighted by molar-refractivity contribution is -0.117. The molecule has 2 aromatic rings. The normalized spacial score (nSPS) is 12.9. The Kier molecular flexibility index (Phi) is 5.86. The highest BCUT2D eigenvalue weighted by Crippen LogP contribution is 2.30. The van der Waals surface area contributed by atoms with Crippen molar-refractivity contribution in [3.63, 3.8) is 0 Å². The standard InChI is InChI=1S/C21H22N2O4/c1-2-13-27-21(26)16-7-11-18(12-8-16)23-20(25)15-5-9-17(10-6-15)22-19(24)14-3-4-14/h5-12,14H,2-4,13H2,1H3,(H,22,24)(H,23,25). The molecule has 1 aliphatic carbocycles. The first-order chi connectivity index (χ1) is 13.1. The maximum Gasteiger partial charge on any atom is 0.338 e. The molecule has 0 spiro atoms. The first kappa shape index (κ1) is 18.6. The second kappa shape index (κ2) is 8.49. The van der Waals surface area contributed by atoms with Crippen molar-refractivity contribution < 1.29 is 19.1 Å². The molecule has 6 nitrogen and oxygen atoms in total. The summed E-state index contributed by atoms with van der Waals surface area (Å²) in [7, 11) is 0. The molecule has 6 heteroatoms. The molecule has 0 bridgehead atoms. The van der Waals surface area contributed by atoms with E-state index in [1.807, 2.05) is 6.92 Å². The van der Waals surface area contributed by atoms with Crippen LogP contribution in [0.5, 0.6) is 0 Å². The number of ether oxygens (including phenoxy) is 1. The van der Waals surface area contributed by atoms with E-state index < -0.39 is 0 Å². The number of anilines is 2. The Morgan fingerprint density at radius 1 is 0.889 bits per heavy atom. The zero-order valence-electron chi connectivity index (χ0n) is 15.2. The molecule has 0 radical (unpaired) electrons. The van der Waals surface area contributed by atoms with Gasteiger partial charge < -0.3 is 15.4 Å². The van der Waals surface area contributed by atoms with Gasteiger partial charge in [-0.05, 0) is 67.8 Å². The Morgan fingerprint density at radius 3 is 2.00 bits per heavy atom. The molecule has 140 valence electrons. The number of amides is 2. The fourth-order valence-electron chi connectivity index (χ4n) is 2.47. The van der Waals surface area contributed by atoms with Crippen LogP contribution in [0.1, 0.15) is 46.9 Å². The first-order valence-electron chi connectivity index (χ1n) is 9.06. The highest BCUT2D eigenvalue weighted by molar-refractivity contribution is 6.05. The van der Waals surface area contributed by atoms with Gasteiger partial charge >= 0.3 is 5.97 Å². The van der Waals surface area contributed by atoms with Crippen molar-refractivity contribution in [1.82, 2.24) is 0 Å². The van der Waals surface area contributed by atoms with Gasteiger partial charge in [0.15, 0.2) is 0 Å². The molecule has 0 heterocycles. The van der Waals surface area contributed by atoms with Crippen molar-refractivity contribution >= 4 is 29.2 Å². The number of benzene rings is 2. The summed E-state index contributed by atoms with van der Waals surface area (Å²) in [6.45, 7) is 2.31. The molecule has 3 rings (SSSR count). The highest BCUT2D eigenvalue weighted by Gasteiger charge is 2.29. The molecular weight excluding hydrogens is 344 g/mol. The average molecular weight is 366 g/mol. The van der Waals surface area contributed by atoms with Crippen molar-refractivity contribution in [1.29, 1.82) is 0 Å². The van der Waals surface area contributed by atoms with Crippen LogP contribution in [0.3, 0.4) is 0 Å². The maximum absolute atomic E-state index is 12.3. The number of carbonyl (C=O) groups is 3. The van der Waals surface area contributed by atoms with E-state index in [2.05, 4.69) is 10.6 Å². The van der Waals surface area contributed by atoms with Gasteiger partial charge in [0.2, 0.25) is 5.91 Å². The van der Waals surface area contributed by atoms with Crippen molar-refractivity contribution in [2.45, 2.75) is 26.2 Å². The molecule has 1 fully saturated rings. The number of carbonyl (C=O) groups excluding carboxylic acids is 3. The molecule has 0 unspecified atom stereocenters. The molecular formula is C21H22N2O4. The third-order valence-electron chi connectivity index (χ3n) is 4.18. The fraction of sp³-hybridized carbons (Fsp3) is 0.286. The second-order valence-electron chi connectivity index (χ2n) is 6.51. The molecule has 2 aromatic carbocycles. The molecule has 27 heavy (non-hydrogen) atoms. The molecule has 0 saturated heterocycles. The molecule has 0 aromatic heterocycles. The van der Waals surface area contributed by atoms with Crippen LogP contribution in [-0.4, -0.2) is 24.4 Å². The van der Waals surface area contributed by atoms with E-state index in [4.69, 9.17) is 4.74 Å². The van der Waals surface area contributed by atoms with Gasteiger partial charge in [-0.3, -0.25) is 9.59 Å². The van der Waals surface area contributed by atoms with E-state index >= 15 is 0 Å². The van der Waals surface area contributed by atoms with Gasteiger partial charge in [0.1, 0.15) is 0 Å². The van der Waals surface area contributed by atoms with E-state index in [9.17, 15) is 14.4 Å².